The van der Waals surface area contributed by atoms with Gasteiger partial charge >= 0.3 is 10.4 Å². The summed E-state index contributed by atoms with van der Waals surface area (Å²) in [5, 5.41) is 38.7. The number of para-hydroxylation sites is 1. The Bertz CT molecular complexity index is 738. The predicted octanol–water partition coefficient (Wildman–Crippen LogP) is 1.03. The van der Waals surface area contributed by atoms with Crippen LogP contribution in [0.3, 0.4) is 0 Å². The monoisotopic (exact) mass is 448 g/mol. The molecule has 4 N–H and O–H groups in total. The summed E-state index contributed by atoms with van der Waals surface area (Å²) in [5.41, 5.74) is 0.703. The van der Waals surface area contributed by atoms with Crippen LogP contribution in [0.15, 0.2) is 24.3 Å². The van der Waals surface area contributed by atoms with Crippen molar-refractivity contribution in [2.45, 2.75) is 82.6 Å². The average Bonchev–Trinajstić information content (AvgIpc) is 2.71. The fraction of sp³-hybridized carbons (Fsp3) is 0.700. The molecule has 1 heterocycles. The molecule has 9 nitrogen and oxygen atoms in total. The normalized spacial score (nSPS) is 27.2. The zero-order valence-electron chi connectivity index (χ0n) is 17.1. The van der Waals surface area contributed by atoms with Crippen LogP contribution >= 0.6 is 0 Å². The summed E-state index contributed by atoms with van der Waals surface area (Å²) in [5.74, 6) is 0.107. The summed E-state index contributed by atoms with van der Waals surface area (Å²) in [6.07, 6.45) is -1.12. The Morgan fingerprint density at radius 3 is 2.33 bits per heavy atom. The standard InChI is InChI=1S/C20H32O9S/c1-2-3-4-5-6-7-10-14-11-8-9-12-15(14)28-30(25,26)29-20-19(24)18(23)17(22)16(13-21)27-20/h8-9,11-12,16-24H,2-7,10,13H2,1H3/t16-,17+,18+,19-,20+/m1/s1. The number of aliphatic hydroxyl groups excluding tert-OH is 4. The molecule has 0 radical (unpaired) electrons. The number of rotatable bonds is 12. The van der Waals surface area contributed by atoms with Gasteiger partial charge in [0.15, 0.2) is 0 Å². The topological polar surface area (TPSA) is 143 Å². The SMILES string of the molecule is CCCCCCCCc1ccccc1OS(=O)(=O)O[C@@H]1O[C@H](CO)[C@H](O)[C@H](O)[C@H]1O. The first-order valence-corrected chi connectivity index (χ1v) is 11.6. The van der Waals surface area contributed by atoms with E-state index in [4.69, 9.17) is 13.1 Å². The van der Waals surface area contributed by atoms with Gasteiger partial charge in [-0.25, -0.2) is 4.18 Å². The molecule has 30 heavy (non-hydrogen) atoms. The smallest absolute Gasteiger partial charge is 0.394 e. The summed E-state index contributed by atoms with van der Waals surface area (Å²) < 4.78 is 39.6. The molecule has 0 saturated carbocycles. The second kappa shape index (κ2) is 11.9. The first-order chi connectivity index (χ1) is 14.3. The Morgan fingerprint density at radius 1 is 0.967 bits per heavy atom. The van der Waals surface area contributed by atoms with Gasteiger partial charge in [-0.2, -0.15) is 8.42 Å². The lowest BCUT2D eigenvalue weighted by molar-refractivity contribution is -0.277. The maximum atomic E-state index is 12.4. The summed E-state index contributed by atoms with van der Waals surface area (Å²) in [6.45, 7) is 1.45. The molecule has 0 aromatic heterocycles. The number of ether oxygens (including phenoxy) is 1. The van der Waals surface area contributed by atoms with Crippen molar-refractivity contribution in [1.82, 2.24) is 0 Å². The van der Waals surface area contributed by atoms with Crippen LogP contribution in [-0.4, -0.2) is 66.2 Å². The van der Waals surface area contributed by atoms with Crippen LogP contribution in [-0.2, 0) is 25.7 Å². The molecule has 1 aliphatic rings. The van der Waals surface area contributed by atoms with E-state index < -0.39 is 47.7 Å². The van der Waals surface area contributed by atoms with Gasteiger partial charge in [-0.15, -0.1) is 0 Å². The van der Waals surface area contributed by atoms with E-state index in [0.29, 0.717) is 12.0 Å². The van der Waals surface area contributed by atoms with E-state index in [1.807, 2.05) is 0 Å². The van der Waals surface area contributed by atoms with Crippen molar-refractivity contribution < 1.29 is 41.9 Å². The zero-order valence-corrected chi connectivity index (χ0v) is 17.9. The molecule has 0 amide bonds. The lowest BCUT2D eigenvalue weighted by Gasteiger charge is -2.38. The van der Waals surface area contributed by atoms with Gasteiger partial charge in [0, 0.05) is 0 Å². The maximum absolute atomic E-state index is 12.4. The molecular weight excluding hydrogens is 416 g/mol. The van der Waals surface area contributed by atoms with Crippen molar-refractivity contribution in [2.24, 2.45) is 0 Å². The minimum Gasteiger partial charge on any atom is -0.394 e. The van der Waals surface area contributed by atoms with E-state index in [1.54, 1.807) is 18.2 Å². The number of hydrogen-bond acceptors (Lipinski definition) is 9. The highest BCUT2D eigenvalue weighted by Crippen LogP contribution is 2.26. The van der Waals surface area contributed by atoms with Gasteiger partial charge < -0.3 is 29.3 Å². The van der Waals surface area contributed by atoms with Gasteiger partial charge in [-0.1, -0.05) is 57.2 Å². The van der Waals surface area contributed by atoms with Gasteiger partial charge in [-0.05, 0) is 24.5 Å². The van der Waals surface area contributed by atoms with Crippen molar-refractivity contribution >= 4 is 10.4 Å². The average molecular weight is 449 g/mol. The molecule has 1 aliphatic heterocycles. The second-order valence-corrected chi connectivity index (χ2v) is 8.59. The molecule has 0 aliphatic carbocycles. The van der Waals surface area contributed by atoms with Crippen molar-refractivity contribution in [1.29, 1.82) is 0 Å². The number of aliphatic hydroxyl groups is 4. The molecule has 5 atom stereocenters. The summed E-state index contributed by atoms with van der Waals surface area (Å²) >= 11 is 0. The lowest BCUT2D eigenvalue weighted by Crippen LogP contribution is -2.59. The quantitative estimate of drug-likeness (QED) is 0.345. The molecule has 1 aromatic rings. The van der Waals surface area contributed by atoms with Crippen LogP contribution in [0.5, 0.6) is 5.75 Å². The third-order valence-corrected chi connectivity index (χ3v) is 5.83. The van der Waals surface area contributed by atoms with Crippen LogP contribution in [0, 0.1) is 0 Å². The molecule has 2 rings (SSSR count). The molecule has 1 fully saturated rings. The number of aryl methyl sites for hydroxylation is 1. The fourth-order valence-electron chi connectivity index (χ4n) is 3.28. The zero-order chi connectivity index (χ0) is 22.1. The maximum Gasteiger partial charge on any atom is 0.451 e. The van der Waals surface area contributed by atoms with Gasteiger partial charge in [0.05, 0.1) is 6.61 Å². The summed E-state index contributed by atoms with van der Waals surface area (Å²) in [6, 6.07) is 6.68. The van der Waals surface area contributed by atoms with E-state index in [2.05, 4.69) is 6.92 Å². The molecule has 1 saturated heterocycles. The van der Waals surface area contributed by atoms with E-state index in [1.165, 1.54) is 25.3 Å². The van der Waals surface area contributed by atoms with E-state index in [-0.39, 0.29) is 5.75 Å². The van der Waals surface area contributed by atoms with Crippen LogP contribution in [0.4, 0.5) is 0 Å². The Morgan fingerprint density at radius 2 is 1.63 bits per heavy atom. The first-order valence-electron chi connectivity index (χ1n) is 10.3. The van der Waals surface area contributed by atoms with Crippen LogP contribution in [0.25, 0.3) is 0 Å². The third kappa shape index (κ3) is 7.16. The van der Waals surface area contributed by atoms with E-state index in [9.17, 15) is 28.8 Å². The highest BCUT2D eigenvalue weighted by atomic mass is 32.3. The number of unbranched alkanes of at least 4 members (excludes halogenated alkanes) is 5. The minimum atomic E-state index is -4.66. The first kappa shape index (κ1) is 25.0. The highest BCUT2D eigenvalue weighted by Gasteiger charge is 2.46. The van der Waals surface area contributed by atoms with Crippen molar-refractivity contribution in [3.05, 3.63) is 29.8 Å². The van der Waals surface area contributed by atoms with Crippen molar-refractivity contribution in [2.75, 3.05) is 6.61 Å². The Kier molecular flexibility index (Phi) is 9.95. The minimum absolute atomic E-state index is 0.107. The second-order valence-electron chi connectivity index (χ2n) is 7.41. The Hall–Kier alpha value is -1.27. The molecule has 0 bridgehead atoms. The number of hydrogen-bond donors (Lipinski definition) is 4. The predicted molar refractivity (Wildman–Crippen MR) is 108 cm³/mol. The molecule has 10 heteroatoms. The fourth-order valence-corrected chi connectivity index (χ4v) is 4.09. The van der Waals surface area contributed by atoms with Gasteiger partial charge in [-0.3, -0.25) is 0 Å². The van der Waals surface area contributed by atoms with Crippen LogP contribution in [0.2, 0.25) is 0 Å². The van der Waals surface area contributed by atoms with Gasteiger partial charge in [0.25, 0.3) is 0 Å². The molecular formula is C20H32O9S. The Labute approximate surface area is 177 Å². The largest absolute Gasteiger partial charge is 0.451 e. The van der Waals surface area contributed by atoms with Crippen LogP contribution < -0.4 is 4.18 Å². The van der Waals surface area contributed by atoms with Crippen molar-refractivity contribution in [3.63, 3.8) is 0 Å². The Balaban J connectivity index is 1.98. The molecule has 0 spiro atoms. The van der Waals surface area contributed by atoms with Crippen LogP contribution in [0.1, 0.15) is 51.0 Å². The van der Waals surface area contributed by atoms with Gasteiger partial charge in [0.2, 0.25) is 6.29 Å². The number of benzene rings is 1. The molecule has 0 unspecified atom stereocenters. The van der Waals surface area contributed by atoms with Crippen molar-refractivity contribution in [3.8, 4) is 5.75 Å². The summed E-state index contributed by atoms with van der Waals surface area (Å²) in [7, 11) is -4.66. The molecule has 172 valence electrons. The van der Waals surface area contributed by atoms with E-state index in [0.717, 1.165) is 19.3 Å². The summed E-state index contributed by atoms with van der Waals surface area (Å²) in [4.78, 5) is 0. The molecule has 1 aromatic carbocycles. The van der Waals surface area contributed by atoms with Gasteiger partial charge in [0.1, 0.15) is 30.2 Å². The third-order valence-electron chi connectivity index (χ3n) is 5.03. The lowest BCUT2D eigenvalue weighted by atomic mass is 10.00. The highest BCUT2D eigenvalue weighted by molar-refractivity contribution is 7.82. The van der Waals surface area contributed by atoms with E-state index >= 15 is 0 Å².